The van der Waals surface area contributed by atoms with Crippen LogP contribution in [0.25, 0.3) is 11.5 Å². The van der Waals surface area contributed by atoms with E-state index in [9.17, 15) is 9.59 Å². The third kappa shape index (κ3) is 3.23. The third-order valence-electron chi connectivity index (χ3n) is 4.15. The van der Waals surface area contributed by atoms with E-state index >= 15 is 0 Å². The molecule has 3 aromatic heterocycles. The molecule has 25 heavy (non-hydrogen) atoms. The van der Waals surface area contributed by atoms with Crippen LogP contribution in [0, 0.1) is 0 Å². The molecule has 1 N–H and O–H groups in total. The molecule has 0 spiro atoms. The van der Waals surface area contributed by atoms with Crippen LogP contribution in [0.5, 0.6) is 0 Å². The van der Waals surface area contributed by atoms with Crippen molar-refractivity contribution in [3.8, 4) is 11.5 Å². The quantitative estimate of drug-likeness (QED) is 0.772. The number of carbonyl (C=O) groups is 1. The Bertz CT molecular complexity index is 941. The summed E-state index contributed by atoms with van der Waals surface area (Å²) < 4.78 is 10.8. The zero-order chi connectivity index (χ0) is 17.2. The van der Waals surface area contributed by atoms with Crippen LogP contribution in [0.4, 0.5) is 0 Å². The summed E-state index contributed by atoms with van der Waals surface area (Å²) in [6.45, 7) is 1.01. The molecule has 0 aliphatic carbocycles. The minimum Gasteiger partial charge on any atom is -0.441 e. The fourth-order valence-corrected chi connectivity index (χ4v) is 2.86. The minimum atomic E-state index is -0.296. The normalized spacial score (nSPS) is 13.7. The maximum absolute atomic E-state index is 12.4. The van der Waals surface area contributed by atoms with Gasteiger partial charge in [-0.25, -0.2) is 4.98 Å². The molecule has 1 aliphatic rings. The molecule has 8 heteroatoms. The predicted octanol–water partition coefficient (Wildman–Crippen LogP) is 1.54. The van der Waals surface area contributed by atoms with Crippen LogP contribution in [-0.2, 0) is 24.2 Å². The summed E-state index contributed by atoms with van der Waals surface area (Å²) >= 11 is 0. The first-order valence-electron chi connectivity index (χ1n) is 8.03. The summed E-state index contributed by atoms with van der Waals surface area (Å²) in [5.74, 6) is 1.83. The highest BCUT2D eigenvalue weighted by atomic mass is 16.5. The first-order chi connectivity index (χ1) is 12.2. The summed E-state index contributed by atoms with van der Waals surface area (Å²) in [6.07, 6.45) is 4.70. The molecule has 0 fully saturated rings. The summed E-state index contributed by atoms with van der Waals surface area (Å²) in [5, 5.41) is 2.22. The fourth-order valence-electron chi connectivity index (χ4n) is 2.86. The fraction of sp³-hybridized carbons (Fsp3) is 0.294. The number of aryl methyl sites for hydroxylation is 1. The van der Waals surface area contributed by atoms with Crippen LogP contribution in [0.2, 0.25) is 0 Å². The van der Waals surface area contributed by atoms with Gasteiger partial charge in [-0.05, 0) is 12.1 Å². The van der Waals surface area contributed by atoms with Crippen molar-refractivity contribution in [3.05, 3.63) is 58.2 Å². The monoisotopic (exact) mass is 340 g/mol. The van der Waals surface area contributed by atoms with E-state index in [1.807, 2.05) is 12.1 Å². The molecule has 4 heterocycles. The molecule has 3 aromatic rings. The molecule has 0 bridgehead atoms. The van der Waals surface area contributed by atoms with Gasteiger partial charge in [0.15, 0.2) is 0 Å². The lowest BCUT2D eigenvalue weighted by Gasteiger charge is -2.25. The summed E-state index contributed by atoms with van der Waals surface area (Å²) in [7, 11) is 0. The second kappa shape index (κ2) is 6.39. The number of fused-ring (bicyclic) bond motifs is 1. The van der Waals surface area contributed by atoms with Crippen molar-refractivity contribution in [1.29, 1.82) is 0 Å². The Labute approximate surface area is 142 Å². The highest BCUT2D eigenvalue weighted by Crippen LogP contribution is 2.26. The van der Waals surface area contributed by atoms with Gasteiger partial charge in [0, 0.05) is 44.3 Å². The molecule has 8 nitrogen and oxygen atoms in total. The number of carbonyl (C=O) groups excluding carboxylic acids is 1. The van der Waals surface area contributed by atoms with E-state index in [4.69, 9.17) is 8.94 Å². The van der Waals surface area contributed by atoms with Gasteiger partial charge in [0.05, 0.1) is 12.1 Å². The van der Waals surface area contributed by atoms with Gasteiger partial charge in [-0.15, -0.1) is 0 Å². The van der Waals surface area contributed by atoms with Gasteiger partial charge in [0.1, 0.15) is 17.2 Å². The van der Waals surface area contributed by atoms with Crippen LogP contribution in [0.3, 0.4) is 0 Å². The maximum Gasteiger partial charge on any atom is 0.280 e. The Kier molecular flexibility index (Phi) is 3.93. The highest BCUT2D eigenvalue weighted by Gasteiger charge is 2.25. The number of oxazole rings is 1. The average Bonchev–Trinajstić information content (AvgIpc) is 3.25. The number of aromatic amines is 1. The van der Waals surface area contributed by atoms with Crippen molar-refractivity contribution in [2.45, 2.75) is 25.8 Å². The second-order valence-corrected chi connectivity index (χ2v) is 5.87. The van der Waals surface area contributed by atoms with E-state index in [0.29, 0.717) is 37.6 Å². The van der Waals surface area contributed by atoms with Crippen LogP contribution in [-0.4, -0.2) is 32.5 Å². The Morgan fingerprint density at radius 3 is 3.08 bits per heavy atom. The van der Waals surface area contributed by atoms with Crippen LogP contribution < -0.4 is 5.56 Å². The number of H-pyrrole nitrogens is 1. The molecule has 128 valence electrons. The lowest BCUT2D eigenvalue weighted by Crippen LogP contribution is -2.35. The topological polar surface area (TPSA) is 105 Å². The van der Waals surface area contributed by atoms with Crippen molar-refractivity contribution < 1.29 is 13.7 Å². The number of aromatic nitrogens is 3. The second-order valence-electron chi connectivity index (χ2n) is 5.87. The lowest BCUT2D eigenvalue weighted by atomic mass is 10.1. The molecular weight excluding hydrogens is 324 g/mol. The van der Waals surface area contributed by atoms with Crippen molar-refractivity contribution in [3.63, 3.8) is 0 Å². The maximum atomic E-state index is 12.4. The molecule has 0 atom stereocenters. The van der Waals surface area contributed by atoms with Crippen LogP contribution in [0.15, 0.2) is 44.3 Å². The van der Waals surface area contributed by atoms with Gasteiger partial charge in [-0.2, -0.15) is 5.16 Å². The Morgan fingerprint density at radius 2 is 2.32 bits per heavy atom. The standard InChI is InChI=1S/C17H16N4O4/c22-15-8-12(25-20-15)3-4-16(23)21-7-5-14-13(10-21)19-17(24-14)11-2-1-6-18-9-11/h1-2,6,8-9H,3-5,7,10H2,(H,20,22). The van der Waals surface area contributed by atoms with E-state index in [-0.39, 0.29) is 17.9 Å². The van der Waals surface area contributed by atoms with Crippen molar-refractivity contribution >= 4 is 5.91 Å². The summed E-state index contributed by atoms with van der Waals surface area (Å²) in [4.78, 5) is 33.7. The van der Waals surface area contributed by atoms with Gasteiger partial charge < -0.3 is 13.8 Å². The number of amides is 1. The summed E-state index contributed by atoms with van der Waals surface area (Å²) in [6, 6.07) is 5.07. The Balaban J connectivity index is 1.43. The first-order valence-corrected chi connectivity index (χ1v) is 8.03. The molecule has 0 saturated heterocycles. The van der Waals surface area contributed by atoms with Gasteiger partial charge in [0.2, 0.25) is 11.8 Å². The molecule has 1 amide bonds. The van der Waals surface area contributed by atoms with Gasteiger partial charge in [-0.1, -0.05) is 0 Å². The Hall–Kier alpha value is -3.16. The van der Waals surface area contributed by atoms with E-state index in [0.717, 1.165) is 17.0 Å². The third-order valence-corrected chi connectivity index (χ3v) is 4.15. The van der Waals surface area contributed by atoms with Crippen molar-refractivity contribution in [2.75, 3.05) is 6.54 Å². The SMILES string of the molecule is O=C(CCc1cc(=O)[nH]o1)N1CCc2oc(-c3cccnc3)nc2C1. The minimum absolute atomic E-state index is 0.000395. The van der Waals surface area contributed by atoms with E-state index in [2.05, 4.69) is 15.1 Å². The van der Waals surface area contributed by atoms with E-state index in [1.165, 1.54) is 6.07 Å². The molecule has 1 aliphatic heterocycles. The van der Waals surface area contributed by atoms with Crippen molar-refractivity contribution in [2.24, 2.45) is 0 Å². The number of hydrogen-bond acceptors (Lipinski definition) is 6. The van der Waals surface area contributed by atoms with Gasteiger partial charge >= 0.3 is 0 Å². The number of rotatable bonds is 4. The zero-order valence-electron chi connectivity index (χ0n) is 13.4. The lowest BCUT2D eigenvalue weighted by molar-refractivity contribution is -0.132. The van der Waals surface area contributed by atoms with Gasteiger partial charge in [0.25, 0.3) is 5.56 Å². The first kappa shape index (κ1) is 15.4. The smallest absolute Gasteiger partial charge is 0.280 e. The van der Waals surface area contributed by atoms with E-state index in [1.54, 1.807) is 17.3 Å². The molecule has 0 aromatic carbocycles. The predicted molar refractivity (Wildman–Crippen MR) is 86.5 cm³/mol. The number of nitrogens with one attached hydrogen (secondary N) is 1. The van der Waals surface area contributed by atoms with Crippen LogP contribution in [0.1, 0.15) is 23.6 Å². The Morgan fingerprint density at radius 1 is 1.40 bits per heavy atom. The summed E-state index contributed by atoms with van der Waals surface area (Å²) in [5.41, 5.74) is 1.31. The molecule has 4 rings (SSSR count). The average molecular weight is 340 g/mol. The molecule has 0 unspecified atom stereocenters. The number of pyridine rings is 1. The van der Waals surface area contributed by atoms with E-state index < -0.39 is 0 Å². The molecular formula is C17H16N4O4. The molecule has 0 saturated carbocycles. The number of nitrogens with zero attached hydrogens (tertiary/aromatic N) is 3. The van der Waals surface area contributed by atoms with Crippen LogP contribution >= 0.6 is 0 Å². The number of hydrogen-bond donors (Lipinski definition) is 1. The largest absolute Gasteiger partial charge is 0.441 e. The zero-order valence-corrected chi connectivity index (χ0v) is 13.4. The van der Waals surface area contributed by atoms with Crippen molar-refractivity contribution in [1.82, 2.24) is 20.0 Å². The highest BCUT2D eigenvalue weighted by molar-refractivity contribution is 5.76. The molecule has 0 radical (unpaired) electrons. The van der Waals surface area contributed by atoms with Gasteiger partial charge in [-0.3, -0.25) is 14.6 Å².